The summed E-state index contributed by atoms with van der Waals surface area (Å²) >= 11 is 0. The molecule has 150 valence electrons. The van der Waals surface area contributed by atoms with Crippen molar-refractivity contribution in [2.24, 2.45) is 11.8 Å². The zero-order valence-electron chi connectivity index (χ0n) is 17.8. The van der Waals surface area contributed by atoms with Crippen LogP contribution in [-0.4, -0.2) is 18.0 Å². The molecule has 2 atom stereocenters. The number of hydrogen-bond acceptors (Lipinski definition) is 3. The average molecular weight is 381 g/mol. The number of rotatable bonds is 9. The number of Topliss-reactive ketones (excluding diaryl/α,β-unsaturated/α-hetero) is 1. The molecule has 0 aliphatic carbocycles. The maximum absolute atomic E-state index is 13.4. The molecule has 3 nitrogen and oxygen atoms in total. The summed E-state index contributed by atoms with van der Waals surface area (Å²) in [5, 5.41) is 0. The molecule has 0 spiro atoms. The summed E-state index contributed by atoms with van der Waals surface area (Å²) < 4.78 is 12.5. The zero-order valence-corrected chi connectivity index (χ0v) is 17.8. The van der Waals surface area contributed by atoms with Gasteiger partial charge in [0.1, 0.15) is 0 Å². The Labute approximate surface area is 169 Å². The lowest BCUT2D eigenvalue weighted by atomic mass is 10.0. The van der Waals surface area contributed by atoms with Crippen molar-refractivity contribution in [3.05, 3.63) is 77.5 Å². The molecule has 2 unspecified atom stereocenters. The molecule has 0 heterocycles. The molecule has 2 aromatic rings. The number of ether oxygens (including phenoxy) is 2. The molecule has 0 aromatic heterocycles. The first-order valence-electron chi connectivity index (χ1n) is 10.0. The third kappa shape index (κ3) is 5.72. The Kier molecular flexibility index (Phi) is 7.86. The highest BCUT2D eigenvalue weighted by Crippen LogP contribution is 2.29. The summed E-state index contributed by atoms with van der Waals surface area (Å²) in [5.41, 5.74) is 1.42. The highest BCUT2D eigenvalue weighted by atomic mass is 16.5. The van der Waals surface area contributed by atoms with Gasteiger partial charge in [0.15, 0.2) is 5.76 Å². The number of ketones is 1. The fraction of sp³-hybridized carbons (Fsp3) is 0.400. The second-order valence-corrected chi connectivity index (χ2v) is 7.85. The van der Waals surface area contributed by atoms with E-state index in [0.717, 1.165) is 5.56 Å². The molecule has 0 saturated carbocycles. The minimum absolute atomic E-state index is 0.0632. The lowest BCUT2D eigenvalue weighted by molar-refractivity contribution is 0.0603. The van der Waals surface area contributed by atoms with Crippen molar-refractivity contribution in [3.8, 4) is 0 Å². The average Bonchev–Trinajstić information content (AvgIpc) is 2.70. The first kappa shape index (κ1) is 21.7. The van der Waals surface area contributed by atoms with Crippen molar-refractivity contribution in [2.75, 3.05) is 0 Å². The van der Waals surface area contributed by atoms with Crippen LogP contribution in [0.2, 0.25) is 0 Å². The van der Waals surface area contributed by atoms with E-state index in [2.05, 4.69) is 27.7 Å². The minimum atomic E-state index is -0.164. The van der Waals surface area contributed by atoms with Crippen molar-refractivity contribution in [1.29, 1.82) is 0 Å². The third-order valence-electron chi connectivity index (χ3n) is 4.97. The predicted molar refractivity (Wildman–Crippen MR) is 115 cm³/mol. The number of carbonyl (C=O) groups is 1. The highest BCUT2D eigenvalue weighted by molar-refractivity contribution is 6.11. The predicted octanol–water partition coefficient (Wildman–Crippen LogP) is 6.36. The Hall–Kier alpha value is -2.55. The second-order valence-electron chi connectivity index (χ2n) is 7.85. The van der Waals surface area contributed by atoms with Crippen molar-refractivity contribution in [3.63, 3.8) is 0 Å². The molecule has 0 fully saturated rings. The first-order chi connectivity index (χ1) is 13.3. The van der Waals surface area contributed by atoms with Crippen LogP contribution in [0.25, 0.3) is 5.76 Å². The first-order valence-corrected chi connectivity index (χ1v) is 10.0. The molecule has 28 heavy (non-hydrogen) atoms. The number of carbonyl (C=O) groups excluding carboxylic acids is 1. The van der Waals surface area contributed by atoms with E-state index in [0.29, 0.717) is 17.2 Å². The van der Waals surface area contributed by atoms with Gasteiger partial charge in [-0.15, -0.1) is 0 Å². The zero-order chi connectivity index (χ0) is 20.7. The Morgan fingerprint density at radius 2 is 1.07 bits per heavy atom. The van der Waals surface area contributed by atoms with Gasteiger partial charge in [0, 0.05) is 11.1 Å². The summed E-state index contributed by atoms with van der Waals surface area (Å²) in [7, 11) is 0. The van der Waals surface area contributed by atoms with Crippen LogP contribution in [0.1, 0.15) is 57.5 Å². The van der Waals surface area contributed by atoms with Crippen LogP contribution in [0.15, 0.2) is 66.4 Å². The lowest BCUT2D eigenvalue weighted by Crippen LogP contribution is -2.23. The van der Waals surface area contributed by atoms with E-state index in [1.54, 1.807) is 12.1 Å². The summed E-state index contributed by atoms with van der Waals surface area (Å²) in [4.78, 5) is 13.4. The van der Waals surface area contributed by atoms with Gasteiger partial charge in [-0.3, -0.25) is 4.79 Å². The van der Waals surface area contributed by atoms with Crippen LogP contribution in [0, 0.1) is 11.8 Å². The Morgan fingerprint density at radius 3 is 1.54 bits per heavy atom. The summed E-state index contributed by atoms with van der Waals surface area (Å²) in [6.07, 6.45) is -0.189. The van der Waals surface area contributed by atoms with E-state index in [1.165, 1.54) is 0 Å². The van der Waals surface area contributed by atoms with E-state index in [1.807, 2.05) is 62.4 Å². The Morgan fingerprint density at radius 1 is 0.643 bits per heavy atom. The summed E-state index contributed by atoms with van der Waals surface area (Å²) in [5.74, 6) is 1.17. The largest absolute Gasteiger partial charge is 0.486 e. The van der Waals surface area contributed by atoms with Crippen molar-refractivity contribution in [2.45, 2.75) is 53.8 Å². The fourth-order valence-corrected chi connectivity index (χ4v) is 2.42. The molecule has 0 aliphatic heterocycles. The number of hydrogen-bond donors (Lipinski definition) is 0. The van der Waals surface area contributed by atoms with Gasteiger partial charge in [-0.2, -0.15) is 0 Å². The number of benzene rings is 2. The molecule has 0 N–H and O–H groups in total. The Bertz CT molecular complexity index is 776. The van der Waals surface area contributed by atoms with Gasteiger partial charge in [0.25, 0.3) is 0 Å². The van der Waals surface area contributed by atoms with E-state index in [9.17, 15) is 4.79 Å². The van der Waals surface area contributed by atoms with Crippen LogP contribution in [0.3, 0.4) is 0 Å². The SMILES string of the molecule is CC(C)C(C)OC(C(=O)c1ccccc1)=C(OC(C)C(C)C)c1ccccc1. The molecular weight excluding hydrogens is 348 g/mol. The van der Waals surface area contributed by atoms with Crippen LogP contribution in [0.5, 0.6) is 0 Å². The minimum Gasteiger partial charge on any atom is -0.486 e. The normalized spacial score (nSPS) is 14.4. The van der Waals surface area contributed by atoms with Crippen LogP contribution < -0.4 is 0 Å². The maximum atomic E-state index is 13.4. The van der Waals surface area contributed by atoms with E-state index >= 15 is 0 Å². The molecule has 0 bridgehead atoms. The smallest absolute Gasteiger partial charge is 0.231 e. The highest BCUT2D eigenvalue weighted by Gasteiger charge is 2.26. The van der Waals surface area contributed by atoms with Crippen LogP contribution in [0.4, 0.5) is 0 Å². The summed E-state index contributed by atoms with van der Waals surface area (Å²) in [6, 6.07) is 18.9. The van der Waals surface area contributed by atoms with Gasteiger partial charge in [-0.05, 0) is 25.7 Å². The van der Waals surface area contributed by atoms with E-state index in [4.69, 9.17) is 9.47 Å². The van der Waals surface area contributed by atoms with Crippen LogP contribution >= 0.6 is 0 Å². The van der Waals surface area contributed by atoms with Gasteiger partial charge in [0.05, 0.1) is 12.2 Å². The molecular formula is C25H32O3. The van der Waals surface area contributed by atoms with Gasteiger partial charge < -0.3 is 9.47 Å². The van der Waals surface area contributed by atoms with Gasteiger partial charge in [-0.1, -0.05) is 88.4 Å². The van der Waals surface area contributed by atoms with E-state index in [-0.39, 0.29) is 29.7 Å². The quantitative estimate of drug-likeness (QED) is 0.288. The van der Waals surface area contributed by atoms with E-state index < -0.39 is 0 Å². The van der Waals surface area contributed by atoms with Gasteiger partial charge >= 0.3 is 0 Å². The second kappa shape index (κ2) is 10.1. The van der Waals surface area contributed by atoms with Gasteiger partial charge in [-0.25, -0.2) is 0 Å². The fourth-order valence-electron chi connectivity index (χ4n) is 2.42. The topological polar surface area (TPSA) is 35.5 Å². The number of allylic oxidation sites excluding steroid dienone is 1. The third-order valence-corrected chi connectivity index (χ3v) is 4.97. The molecule has 2 aromatic carbocycles. The van der Waals surface area contributed by atoms with Crippen molar-refractivity contribution in [1.82, 2.24) is 0 Å². The lowest BCUT2D eigenvalue weighted by Gasteiger charge is -2.26. The Balaban J connectivity index is 2.62. The van der Waals surface area contributed by atoms with Crippen molar-refractivity contribution >= 4 is 11.5 Å². The molecule has 3 heteroatoms. The molecule has 0 saturated heterocycles. The molecule has 0 aliphatic rings. The molecule has 2 rings (SSSR count). The molecule has 0 radical (unpaired) electrons. The van der Waals surface area contributed by atoms with Crippen molar-refractivity contribution < 1.29 is 14.3 Å². The molecule has 0 amide bonds. The standard InChI is InChI=1S/C25H32O3/c1-17(2)19(5)27-24(22-15-11-8-12-16-22)25(28-20(6)18(3)4)23(26)21-13-9-7-10-14-21/h7-20H,1-6H3. The summed E-state index contributed by atoms with van der Waals surface area (Å²) in [6.45, 7) is 12.4. The van der Waals surface area contributed by atoms with Gasteiger partial charge in [0.2, 0.25) is 11.5 Å². The van der Waals surface area contributed by atoms with Crippen LogP contribution in [-0.2, 0) is 9.47 Å². The monoisotopic (exact) mass is 380 g/mol. The maximum Gasteiger partial charge on any atom is 0.231 e.